The van der Waals surface area contributed by atoms with E-state index in [0.717, 1.165) is 25.8 Å². The molecule has 13 heavy (non-hydrogen) atoms. The van der Waals surface area contributed by atoms with Gasteiger partial charge in [0.05, 0.1) is 0 Å². The van der Waals surface area contributed by atoms with Crippen molar-refractivity contribution < 1.29 is 4.79 Å². The van der Waals surface area contributed by atoms with E-state index in [2.05, 4.69) is 5.32 Å². The van der Waals surface area contributed by atoms with Crippen molar-refractivity contribution in [2.45, 2.75) is 38.1 Å². The quantitative estimate of drug-likeness (QED) is 0.625. The maximum absolute atomic E-state index is 11.0. The first kappa shape index (κ1) is 9.00. The van der Waals surface area contributed by atoms with E-state index in [1.165, 1.54) is 12.8 Å². The monoisotopic (exact) mass is 182 g/mol. The number of amides is 1. The molecule has 0 aromatic heterocycles. The third-order valence-corrected chi connectivity index (χ3v) is 3.54. The van der Waals surface area contributed by atoms with E-state index in [-0.39, 0.29) is 11.8 Å². The van der Waals surface area contributed by atoms with Crippen molar-refractivity contribution in [1.82, 2.24) is 5.32 Å². The van der Waals surface area contributed by atoms with Crippen LogP contribution in [0.3, 0.4) is 0 Å². The van der Waals surface area contributed by atoms with Crippen LogP contribution in [0.15, 0.2) is 0 Å². The predicted molar refractivity (Wildman–Crippen MR) is 51.1 cm³/mol. The van der Waals surface area contributed by atoms with Crippen molar-refractivity contribution in [3.05, 3.63) is 0 Å². The van der Waals surface area contributed by atoms with Crippen molar-refractivity contribution in [1.29, 1.82) is 0 Å². The first-order valence-electron chi connectivity index (χ1n) is 5.30. The molecule has 3 N–H and O–H groups in total. The zero-order valence-electron chi connectivity index (χ0n) is 7.96. The number of nitrogens with one attached hydrogen (secondary N) is 1. The Balaban J connectivity index is 1.95. The van der Waals surface area contributed by atoms with Crippen LogP contribution >= 0.6 is 0 Å². The lowest BCUT2D eigenvalue weighted by atomic mass is 9.74. The minimum Gasteiger partial charge on any atom is -0.369 e. The molecular weight excluding hydrogens is 164 g/mol. The van der Waals surface area contributed by atoms with Gasteiger partial charge in [-0.25, -0.2) is 0 Å². The third kappa shape index (κ3) is 1.85. The summed E-state index contributed by atoms with van der Waals surface area (Å²) in [5, 5.41) is 3.53. The van der Waals surface area contributed by atoms with Crippen molar-refractivity contribution in [3.63, 3.8) is 0 Å². The standard InChI is InChI=1S/C10H18N2O/c11-10(13)8-3-4-9-7(6-8)2-1-5-12-9/h7-9,12H,1-6H2,(H2,11,13)/t7-,8-,9-/m1/s1. The van der Waals surface area contributed by atoms with Gasteiger partial charge < -0.3 is 11.1 Å². The van der Waals surface area contributed by atoms with Crippen molar-refractivity contribution in [2.24, 2.45) is 17.6 Å². The van der Waals surface area contributed by atoms with Crippen LogP contribution in [0.1, 0.15) is 32.1 Å². The van der Waals surface area contributed by atoms with Crippen molar-refractivity contribution >= 4 is 5.91 Å². The van der Waals surface area contributed by atoms with Gasteiger partial charge in [0, 0.05) is 12.0 Å². The summed E-state index contributed by atoms with van der Waals surface area (Å²) >= 11 is 0. The fourth-order valence-electron chi connectivity index (χ4n) is 2.76. The molecule has 2 fully saturated rings. The second-order valence-corrected chi connectivity index (χ2v) is 4.38. The van der Waals surface area contributed by atoms with Crippen LogP contribution in [0.5, 0.6) is 0 Å². The highest BCUT2D eigenvalue weighted by molar-refractivity contribution is 5.76. The lowest BCUT2D eigenvalue weighted by Gasteiger charge is -2.38. The molecule has 74 valence electrons. The molecule has 3 heteroatoms. The molecule has 2 aliphatic rings. The molecule has 1 saturated heterocycles. The average molecular weight is 182 g/mol. The van der Waals surface area contributed by atoms with E-state index in [0.29, 0.717) is 12.0 Å². The van der Waals surface area contributed by atoms with Crippen LogP contribution in [0.2, 0.25) is 0 Å². The molecule has 0 aromatic rings. The molecular formula is C10H18N2O. The summed E-state index contributed by atoms with van der Waals surface area (Å²) < 4.78 is 0. The van der Waals surface area contributed by atoms with Gasteiger partial charge in [-0.15, -0.1) is 0 Å². The summed E-state index contributed by atoms with van der Waals surface area (Å²) in [6.07, 6.45) is 5.68. The van der Waals surface area contributed by atoms with Crippen LogP contribution in [0, 0.1) is 11.8 Å². The SMILES string of the molecule is NC(=O)[C@@H]1CC[C@H]2NCCC[C@@H]2C1. The normalized spacial score (nSPS) is 39.5. The minimum absolute atomic E-state index is 0.0935. The predicted octanol–water partition coefficient (Wildman–Crippen LogP) is 0.640. The van der Waals surface area contributed by atoms with Gasteiger partial charge in [-0.3, -0.25) is 4.79 Å². The Labute approximate surface area is 79.1 Å². The Morgan fingerprint density at radius 1 is 1.31 bits per heavy atom. The molecule has 3 nitrogen and oxygen atoms in total. The Morgan fingerprint density at radius 2 is 2.15 bits per heavy atom. The molecule has 1 saturated carbocycles. The number of hydrogen-bond donors (Lipinski definition) is 2. The number of rotatable bonds is 1. The number of hydrogen-bond acceptors (Lipinski definition) is 2. The van der Waals surface area contributed by atoms with Gasteiger partial charge in [-0.05, 0) is 44.6 Å². The van der Waals surface area contributed by atoms with Gasteiger partial charge in [-0.1, -0.05) is 0 Å². The van der Waals surface area contributed by atoms with Gasteiger partial charge in [0.25, 0.3) is 0 Å². The van der Waals surface area contributed by atoms with E-state index in [9.17, 15) is 4.79 Å². The van der Waals surface area contributed by atoms with Gasteiger partial charge in [0.1, 0.15) is 0 Å². The highest BCUT2D eigenvalue weighted by atomic mass is 16.1. The van der Waals surface area contributed by atoms with Crippen molar-refractivity contribution in [2.75, 3.05) is 6.54 Å². The minimum atomic E-state index is -0.0935. The maximum Gasteiger partial charge on any atom is 0.220 e. The summed E-state index contributed by atoms with van der Waals surface area (Å²) in [7, 11) is 0. The molecule has 1 aliphatic heterocycles. The maximum atomic E-state index is 11.0. The molecule has 2 rings (SSSR count). The molecule has 0 radical (unpaired) electrons. The van der Waals surface area contributed by atoms with E-state index in [1.54, 1.807) is 0 Å². The van der Waals surface area contributed by atoms with E-state index in [4.69, 9.17) is 5.73 Å². The molecule has 0 unspecified atom stereocenters. The van der Waals surface area contributed by atoms with Gasteiger partial charge >= 0.3 is 0 Å². The summed E-state index contributed by atoms with van der Waals surface area (Å²) in [5.74, 6) is 0.769. The molecule has 0 aromatic carbocycles. The highest BCUT2D eigenvalue weighted by Crippen LogP contribution is 2.33. The molecule has 3 atom stereocenters. The topological polar surface area (TPSA) is 55.1 Å². The van der Waals surface area contributed by atoms with E-state index in [1.807, 2.05) is 0 Å². The first-order valence-corrected chi connectivity index (χ1v) is 5.30. The van der Waals surface area contributed by atoms with Crippen LogP contribution in [-0.4, -0.2) is 18.5 Å². The number of carbonyl (C=O) groups excluding carboxylic acids is 1. The Bertz CT molecular complexity index is 205. The summed E-state index contributed by atoms with van der Waals surface area (Å²) in [6.45, 7) is 1.16. The second-order valence-electron chi connectivity index (χ2n) is 4.38. The summed E-state index contributed by atoms with van der Waals surface area (Å²) in [4.78, 5) is 11.0. The fourth-order valence-corrected chi connectivity index (χ4v) is 2.76. The van der Waals surface area contributed by atoms with Crippen LogP contribution in [0.4, 0.5) is 0 Å². The number of primary amides is 1. The third-order valence-electron chi connectivity index (χ3n) is 3.54. The van der Waals surface area contributed by atoms with Gasteiger partial charge in [-0.2, -0.15) is 0 Å². The number of fused-ring (bicyclic) bond motifs is 1. The number of nitrogens with two attached hydrogens (primary N) is 1. The van der Waals surface area contributed by atoms with E-state index >= 15 is 0 Å². The summed E-state index contributed by atoms with van der Waals surface area (Å²) in [5.41, 5.74) is 5.33. The first-order chi connectivity index (χ1) is 6.27. The molecule has 0 bridgehead atoms. The summed E-state index contributed by atoms with van der Waals surface area (Å²) in [6, 6.07) is 0.671. The van der Waals surface area contributed by atoms with Gasteiger partial charge in [0.15, 0.2) is 0 Å². The Hall–Kier alpha value is -0.570. The Kier molecular flexibility index (Phi) is 2.54. The number of carbonyl (C=O) groups is 1. The van der Waals surface area contributed by atoms with E-state index < -0.39 is 0 Å². The smallest absolute Gasteiger partial charge is 0.220 e. The highest BCUT2D eigenvalue weighted by Gasteiger charge is 2.33. The average Bonchev–Trinajstić information content (AvgIpc) is 2.17. The van der Waals surface area contributed by atoms with Gasteiger partial charge in [0.2, 0.25) is 5.91 Å². The van der Waals surface area contributed by atoms with Crippen LogP contribution < -0.4 is 11.1 Å². The molecule has 1 aliphatic carbocycles. The fraction of sp³-hybridized carbons (Fsp3) is 0.900. The molecule has 1 heterocycles. The Morgan fingerprint density at radius 3 is 2.92 bits per heavy atom. The lowest BCUT2D eigenvalue weighted by Crippen LogP contribution is -2.46. The van der Waals surface area contributed by atoms with Crippen molar-refractivity contribution in [3.8, 4) is 0 Å². The lowest BCUT2D eigenvalue weighted by molar-refractivity contribution is -0.123. The van der Waals surface area contributed by atoms with Crippen LogP contribution in [-0.2, 0) is 4.79 Å². The number of piperidine rings is 1. The second kappa shape index (κ2) is 3.66. The zero-order chi connectivity index (χ0) is 9.26. The largest absolute Gasteiger partial charge is 0.369 e. The zero-order valence-corrected chi connectivity index (χ0v) is 7.96. The molecule has 1 amide bonds. The van der Waals surface area contributed by atoms with Crippen LogP contribution in [0.25, 0.3) is 0 Å². The molecule has 0 spiro atoms.